The Hall–Kier alpha value is -3.22. The average Bonchev–Trinajstić information content (AvgIpc) is 3.22. The Labute approximate surface area is 188 Å². The van der Waals surface area contributed by atoms with Crippen molar-refractivity contribution >= 4 is 11.9 Å². The first-order chi connectivity index (χ1) is 15.2. The van der Waals surface area contributed by atoms with Crippen molar-refractivity contribution in [3.8, 4) is 17.2 Å². The van der Waals surface area contributed by atoms with Gasteiger partial charge < -0.3 is 23.7 Å². The lowest BCUT2D eigenvalue weighted by Gasteiger charge is -2.24. The number of hydrogen-bond acceptors (Lipinski definition) is 7. The summed E-state index contributed by atoms with van der Waals surface area (Å²) in [6.07, 6.45) is 0.879. The molecule has 0 bridgehead atoms. The van der Waals surface area contributed by atoms with Gasteiger partial charge in [0.2, 0.25) is 6.79 Å². The molecule has 0 N–H and O–H groups in total. The lowest BCUT2D eigenvalue weighted by molar-refractivity contribution is -0.155. The summed E-state index contributed by atoms with van der Waals surface area (Å²) < 4.78 is 27.2. The summed E-state index contributed by atoms with van der Waals surface area (Å²) in [5, 5.41) is 0. The van der Waals surface area contributed by atoms with E-state index in [4.69, 9.17) is 23.7 Å². The Bertz CT molecular complexity index is 975. The highest BCUT2D eigenvalue weighted by molar-refractivity contribution is 5.92. The molecule has 1 atom stereocenters. The van der Waals surface area contributed by atoms with E-state index in [9.17, 15) is 9.59 Å². The molecule has 0 amide bonds. The number of benzene rings is 2. The van der Waals surface area contributed by atoms with Crippen molar-refractivity contribution in [3.63, 3.8) is 0 Å². The van der Waals surface area contributed by atoms with Crippen LogP contribution in [0.15, 0.2) is 36.4 Å². The number of rotatable bonds is 8. The molecule has 0 aromatic heterocycles. The second-order valence-electron chi connectivity index (χ2n) is 8.54. The van der Waals surface area contributed by atoms with Gasteiger partial charge in [-0.15, -0.1) is 0 Å². The number of hydrogen-bond donors (Lipinski definition) is 0. The van der Waals surface area contributed by atoms with Crippen LogP contribution in [0.4, 0.5) is 0 Å². The number of fused-ring (bicyclic) bond motifs is 1. The van der Waals surface area contributed by atoms with Gasteiger partial charge in [-0.25, -0.2) is 4.79 Å². The van der Waals surface area contributed by atoms with Gasteiger partial charge in [0.25, 0.3) is 0 Å². The summed E-state index contributed by atoms with van der Waals surface area (Å²) >= 11 is 0. The molecule has 172 valence electrons. The maximum atomic E-state index is 12.8. The van der Waals surface area contributed by atoms with E-state index in [0.717, 1.165) is 12.0 Å². The Morgan fingerprint density at radius 3 is 2.50 bits per heavy atom. The fraction of sp³-hybridized carbons (Fsp3) is 0.440. The molecule has 0 radical (unpaired) electrons. The molecule has 1 aliphatic heterocycles. The molecule has 0 spiro atoms. The second-order valence-corrected chi connectivity index (χ2v) is 8.54. The molecule has 32 heavy (non-hydrogen) atoms. The number of carbonyl (C=O) groups excluding carboxylic acids is 2. The van der Waals surface area contributed by atoms with Gasteiger partial charge in [0.1, 0.15) is 11.4 Å². The van der Waals surface area contributed by atoms with Gasteiger partial charge in [0.15, 0.2) is 11.5 Å². The molecule has 2 aromatic carbocycles. The minimum atomic E-state index is -0.625. The minimum Gasteiger partial charge on any atom is -0.494 e. The van der Waals surface area contributed by atoms with Crippen LogP contribution in [0.2, 0.25) is 0 Å². The van der Waals surface area contributed by atoms with Crippen LogP contribution in [0.5, 0.6) is 17.2 Å². The third kappa shape index (κ3) is 5.72. The quantitative estimate of drug-likeness (QED) is 0.540. The topological polar surface area (TPSA) is 80.3 Å². The SMILES string of the molecule is CCCOc1ccc([C@@H](CC(=O)OC(C)(C)C)c2ccc3c(c2)OCO3)c(C(=O)OC)c1. The van der Waals surface area contributed by atoms with Gasteiger partial charge in [0, 0.05) is 5.92 Å². The van der Waals surface area contributed by atoms with Crippen molar-refractivity contribution < 1.29 is 33.3 Å². The predicted octanol–water partition coefficient (Wildman–Crippen LogP) is 4.85. The Morgan fingerprint density at radius 2 is 1.81 bits per heavy atom. The Morgan fingerprint density at radius 1 is 1.06 bits per heavy atom. The summed E-state index contributed by atoms with van der Waals surface area (Å²) in [7, 11) is 1.33. The summed E-state index contributed by atoms with van der Waals surface area (Å²) in [5.74, 6) is 0.464. The average molecular weight is 443 g/mol. The minimum absolute atomic E-state index is 0.0378. The smallest absolute Gasteiger partial charge is 0.338 e. The zero-order valence-electron chi connectivity index (χ0n) is 19.2. The number of carbonyl (C=O) groups is 2. The van der Waals surface area contributed by atoms with Crippen LogP contribution in [0.3, 0.4) is 0 Å². The predicted molar refractivity (Wildman–Crippen MR) is 118 cm³/mol. The molecule has 0 saturated heterocycles. The molecule has 1 aliphatic rings. The van der Waals surface area contributed by atoms with E-state index in [-0.39, 0.29) is 19.2 Å². The van der Waals surface area contributed by atoms with E-state index in [0.29, 0.717) is 35.0 Å². The number of ether oxygens (including phenoxy) is 5. The van der Waals surface area contributed by atoms with Crippen LogP contribution < -0.4 is 14.2 Å². The van der Waals surface area contributed by atoms with Crippen molar-refractivity contribution in [1.29, 1.82) is 0 Å². The maximum absolute atomic E-state index is 12.8. The molecule has 0 aliphatic carbocycles. The molecule has 7 nitrogen and oxygen atoms in total. The number of esters is 2. The number of methoxy groups -OCH3 is 1. The highest BCUT2D eigenvalue weighted by Crippen LogP contribution is 2.39. The van der Waals surface area contributed by atoms with E-state index in [1.807, 2.05) is 39.8 Å². The van der Waals surface area contributed by atoms with Gasteiger partial charge in [0.05, 0.1) is 25.7 Å². The molecule has 7 heteroatoms. The molecule has 0 fully saturated rings. The summed E-state index contributed by atoms with van der Waals surface area (Å²) in [5.41, 5.74) is 1.16. The van der Waals surface area contributed by atoms with Crippen LogP contribution in [0.1, 0.15) is 67.9 Å². The normalized spacial score (nSPS) is 13.4. The fourth-order valence-corrected chi connectivity index (χ4v) is 3.52. The van der Waals surface area contributed by atoms with E-state index >= 15 is 0 Å². The van der Waals surface area contributed by atoms with Gasteiger partial charge in [-0.05, 0) is 62.6 Å². The highest BCUT2D eigenvalue weighted by Gasteiger charge is 2.28. The fourth-order valence-electron chi connectivity index (χ4n) is 3.52. The van der Waals surface area contributed by atoms with Crippen molar-refractivity contribution in [2.75, 3.05) is 20.5 Å². The molecular weight excluding hydrogens is 412 g/mol. The molecular formula is C25H30O7. The zero-order valence-corrected chi connectivity index (χ0v) is 19.2. The van der Waals surface area contributed by atoms with Gasteiger partial charge in [-0.1, -0.05) is 19.1 Å². The molecule has 2 aromatic rings. The third-order valence-corrected chi connectivity index (χ3v) is 4.87. The van der Waals surface area contributed by atoms with Crippen LogP contribution >= 0.6 is 0 Å². The van der Waals surface area contributed by atoms with E-state index < -0.39 is 17.5 Å². The zero-order chi connectivity index (χ0) is 23.3. The third-order valence-electron chi connectivity index (χ3n) is 4.87. The molecule has 0 saturated carbocycles. The molecule has 3 rings (SSSR count). The summed E-state index contributed by atoms with van der Waals surface area (Å²) in [6.45, 7) is 8.14. The van der Waals surface area contributed by atoms with E-state index in [1.54, 1.807) is 24.3 Å². The first kappa shape index (κ1) is 23.4. The summed E-state index contributed by atoms with van der Waals surface area (Å²) in [6, 6.07) is 10.8. The second kappa shape index (κ2) is 9.94. The first-order valence-corrected chi connectivity index (χ1v) is 10.7. The van der Waals surface area contributed by atoms with Crippen molar-refractivity contribution in [1.82, 2.24) is 0 Å². The largest absolute Gasteiger partial charge is 0.494 e. The van der Waals surface area contributed by atoms with Gasteiger partial charge in [-0.3, -0.25) is 4.79 Å². The van der Waals surface area contributed by atoms with Crippen molar-refractivity contribution in [2.45, 2.75) is 52.1 Å². The Balaban J connectivity index is 2.05. The van der Waals surface area contributed by atoms with Crippen LogP contribution in [0, 0.1) is 0 Å². The van der Waals surface area contributed by atoms with Crippen LogP contribution in [0.25, 0.3) is 0 Å². The van der Waals surface area contributed by atoms with Gasteiger partial charge in [-0.2, -0.15) is 0 Å². The standard InChI is InChI=1S/C25H30O7/c1-6-11-29-17-8-9-18(20(13-17)24(27)28-5)19(14-23(26)32-25(2,3)4)16-7-10-21-22(12-16)31-15-30-21/h7-10,12-13,19H,6,11,14-15H2,1-5H3/t19-/m0/s1. The van der Waals surface area contributed by atoms with Crippen molar-refractivity contribution in [3.05, 3.63) is 53.1 Å². The monoisotopic (exact) mass is 442 g/mol. The van der Waals surface area contributed by atoms with E-state index in [2.05, 4.69) is 0 Å². The van der Waals surface area contributed by atoms with Crippen molar-refractivity contribution in [2.24, 2.45) is 0 Å². The maximum Gasteiger partial charge on any atom is 0.338 e. The molecule has 0 unspecified atom stereocenters. The first-order valence-electron chi connectivity index (χ1n) is 10.7. The highest BCUT2D eigenvalue weighted by atomic mass is 16.7. The van der Waals surface area contributed by atoms with E-state index in [1.165, 1.54) is 7.11 Å². The molecule has 1 heterocycles. The summed E-state index contributed by atoms with van der Waals surface area (Å²) in [4.78, 5) is 25.4. The lowest BCUT2D eigenvalue weighted by Crippen LogP contribution is -2.25. The van der Waals surface area contributed by atoms with Crippen LogP contribution in [-0.2, 0) is 14.3 Å². The Kier molecular flexibility index (Phi) is 7.28. The lowest BCUT2D eigenvalue weighted by atomic mass is 9.85. The van der Waals surface area contributed by atoms with Crippen LogP contribution in [-0.4, -0.2) is 38.0 Å². The van der Waals surface area contributed by atoms with Gasteiger partial charge >= 0.3 is 11.9 Å².